The van der Waals surface area contributed by atoms with Crippen LogP contribution in [0.4, 0.5) is 8.78 Å². The molecule has 0 aromatic carbocycles. The van der Waals surface area contributed by atoms with Gasteiger partial charge in [0.15, 0.2) is 0 Å². The van der Waals surface area contributed by atoms with Gasteiger partial charge in [-0.25, -0.2) is 8.78 Å². The van der Waals surface area contributed by atoms with Crippen molar-refractivity contribution in [2.45, 2.75) is 31.6 Å². The van der Waals surface area contributed by atoms with Crippen molar-refractivity contribution in [2.24, 2.45) is 18.4 Å². The van der Waals surface area contributed by atoms with Gasteiger partial charge in [-0.05, 0) is 31.2 Å². The van der Waals surface area contributed by atoms with Crippen LogP contribution in [0.25, 0.3) is 0 Å². The average Bonchev–Trinajstić information content (AvgIpc) is 3.19. The molecule has 0 unspecified atom stereocenters. The second-order valence-electron chi connectivity index (χ2n) is 7.79. The van der Waals surface area contributed by atoms with Gasteiger partial charge in [0.25, 0.3) is 11.8 Å². The molecule has 3 heterocycles. The van der Waals surface area contributed by atoms with E-state index in [4.69, 9.17) is 0 Å². The second-order valence-corrected chi connectivity index (χ2v) is 7.79. The van der Waals surface area contributed by atoms with Gasteiger partial charge in [0, 0.05) is 39.3 Å². The Bertz CT molecular complexity index is 715. The fourth-order valence-corrected chi connectivity index (χ4v) is 4.13. The quantitative estimate of drug-likeness (QED) is 0.829. The summed E-state index contributed by atoms with van der Waals surface area (Å²) in [4.78, 5) is 28.3. The van der Waals surface area contributed by atoms with Crippen molar-refractivity contribution in [1.82, 2.24) is 19.6 Å². The highest BCUT2D eigenvalue weighted by Gasteiger charge is 2.58. The SMILES string of the molecule is Cn1ccc(C(=O)N2CC(F)(F)C[C@]3(CCN(CC4CC4)C3=O)C2)n1. The third-order valence-electron chi connectivity index (χ3n) is 5.51. The summed E-state index contributed by atoms with van der Waals surface area (Å²) in [5.74, 6) is -3.28. The lowest BCUT2D eigenvalue weighted by Crippen LogP contribution is -2.57. The first-order valence-electron chi connectivity index (χ1n) is 8.74. The van der Waals surface area contributed by atoms with Gasteiger partial charge >= 0.3 is 0 Å². The minimum atomic E-state index is -3.06. The molecule has 25 heavy (non-hydrogen) atoms. The van der Waals surface area contributed by atoms with Gasteiger partial charge in [-0.15, -0.1) is 0 Å². The van der Waals surface area contributed by atoms with Crippen molar-refractivity contribution in [3.8, 4) is 0 Å². The number of aromatic nitrogens is 2. The number of piperidine rings is 1. The lowest BCUT2D eigenvalue weighted by atomic mass is 9.77. The maximum Gasteiger partial charge on any atom is 0.274 e. The second kappa shape index (κ2) is 5.51. The van der Waals surface area contributed by atoms with Crippen molar-refractivity contribution < 1.29 is 18.4 Å². The fourth-order valence-electron chi connectivity index (χ4n) is 4.13. The number of carbonyl (C=O) groups is 2. The van der Waals surface area contributed by atoms with E-state index in [0.717, 1.165) is 17.7 Å². The van der Waals surface area contributed by atoms with E-state index in [-0.39, 0.29) is 18.1 Å². The van der Waals surface area contributed by atoms with E-state index >= 15 is 0 Å². The van der Waals surface area contributed by atoms with Gasteiger partial charge < -0.3 is 9.80 Å². The standard InChI is InChI=1S/C17H22F2N4O2/c1-21-6-4-13(20-21)14(24)23-10-16(9-17(18,19)11-23)5-7-22(15(16)25)8-12-2-3-12/h4,6,12H,2-3,5,7-11H2,1H3/t16-/m1/s1. The molecule has 1 aliphatic carbocycles. The van der Waals surface area contributed by atoms with E-state index in [1.807, 2.05) is 0 Å². The van der Waals surface area contributed by atoms with Crippen molar-refractivity contribution in [2.75, 3.05) is 26.2 Å². The predicted molar refractivity (Wildman–Crippen MR) is 85.0 cm³/mol. The molecule has 1 aromatic heterocycles. The molecule has 8 heteroatoms. The number of alkyl halides is 2. The first-order chi connectivity index (χ1) is 11.8. The Labute approximate surface area is 144 Å². The molecular weight excluding hydrogens is 330 g/mol. The Morgan fingerprint density at radius 2 is 2.12 bits per heavy atom. The topological polar surface area (TPSA) is 58.4 Å². The van der Waals surface area contributed by atoms with Crippen LogP contribution < -0.4 is 0 Å². The molecule has 1 saturated carbocycles. The molecule has 1 atom stereocenters. The van der Waals surface area contributed by atoms with Crippen LogP contribution in [0.2, 0.25) is 0 Å². The zero-order chi connectivity index (χ0) is 17.8. The number of rotatable bonds is 3. The molecule has 0 N–H and O–H groups in total. The molecule has 4 rings (SSSR count). The highest BCUT2D eigenvalue weighted by molar-refractivity contribution is 5.93. The van der Waals surface area contributed by atoms with Gasteiger partial charge in [0.1, 0.15) is 5.69 Å². The summed E-state index contributed by atoms with van der Waals surface area (Å²) in [5.41, 5.74) is -1.02. The first kappa shape index (κ1) is 16.5. The van der Waals surface area contributed by atoms with Crippen LogP contribution >= 0.6 is 0 Å². The predicted octanol–water partition coefficient (Wildman–Crippen LogP) is 1.53. The van der Waals surface area contributed by atoms with E-state index < -0.39 is 30.2 Å². The van der Waals surface area contributed by atoms with Gasteiger partial charge in [0.05, 0.1) is 12.0 Å². The summed E-state index contributed by atoms with van der Waals surface area (Å²) in [5, 5.41) is 4.02. The van der Waals surface area contributed by atoms with E-state index in [0.29, 0.717) is 25.4 Å². The summed E-state index contributed by atoms with van der Waals surface area (Å²) in [6, 6.07) is 1.51. The molecule has 136 valence electrons. The molecule has 1 aromatic rings. The third kappa shape index (κ3) is 3.02. The number of aryl methyl sites for hydroxylation is 1. The normalized spacial score (nSPS) is 28.8. The Balaban J connectivity index is 1.56. The summed E-state index contributed by atoms with van der Waals surface area (Å²) in [6.07, 6.45) is 3.74. The number of halogens is 2. The highest BCUT2D eigenvalue weighted by atomic mass is 19.3. The van der Waals surface area contributed by atoms with Crippen LogP contribution in [0.3, 0.4) is 0 Å². The maximum absolute atomic E-state index is 14.4. The van der Waals surface area contributed by atoms with E-state index in [9.17, 15) is 18.4 Å². The number of amides is 2. The summed E-state index contributed by atoms with van der Waals surface area (Å²) < 4.78 is 30.3. The summed E-state index contributed by atoms with van der Waals surface area (Å²) in [7, 11) is 1.67. The molecular formula is C17H22F2N4O2. The molecule has 2 saturated heterocycles. The number of hydrogen-bond donors (Lipinski definition) is 0. The third-order valence-corrected chi connectivity index (χ3v) is 5.51. The van der Waals surface area contributed by atoms with Crippen LogP contribution in [0.15, 0.2) is 12.3 Å². The Morgan fingerprint density at radius 1 is 1.36 bits per heavy atom. The molecule has 0 radical (unpaired) electrons. The first-order valence-corrected chi connectivity index (χ1v) is 8.74. The smallest absolute Gasteiger partial charge is 0.274 e. The Morgan fingerprint density at radius 3 is 2.76 bits per heavy atom. The zero-order valence-corrected chi connectivity index (χ0v) is 14.3. The molecule has 6 nitrogen and oxygen atoms in total. The molecule has 2 amide bonds. The lowest BCUT2D eigenvalue weighted by Gasteiger charge is -2.42. The van der Waals surface area contributed by atoms with Crippen LogP contribution in [0.1, 0.15) is 36.2 Å². The van der Waals surface area contributed by atoms with Crippen LogP contribution in [0, 0.1) is 11.3 Å². The van der Waals surface area contributed by atoms with Gasteiger partial charge in [0.2, 0.25) is 5.91 Å². The molecule has 2 aliphatic heterocycles. The average molecular weight is 352 g/mol. The van der Waals surface area contributed by atoms with Crippen LogP contribution in [0.5, 0.6) is 0 Å². The summed E-state index contributed by atoms with van der Waals surface area (Å²) in [6.45, 7) is 0.579. The largest absolute Gasteiger partial charge is 0.342 e. The number of hydrogen-bond acceptors (Lipinski definition) is 3. The summed E-state index contributed by atoms with van der Waals surface area (Å²) >= 11 is 0. The van der Waals surface area contributed by atoms with E-state index in [1.54, 1.807) is 18.1 Å². The molecule has 0 bridgehead atoms. The minimum Gasteiger partial charge on any atom is -0.342 e. The molecule has 3 aliphatic rings. The fraction of sp³-hybridized carbons (Fsp3) is 0.706. The number of carbonyl (C=O) groups excluding carboxylic acids is 2. The van der Waals surface area contributed by atoms with Gasteiger partial charge in [-0.2, -0.15) is 5.10 Å². The monoisotopic (exact) mass is 352 g/mol. The highest BCUT2D eigenvalue weighted by Crippen LogP contribution is 2.46. The minimum absolute atomic E-state index is 0.0536. The van der Waals surface area contributed by atoms with E-state index in [1.165, 1.54) is 10.7 Å². The zero-order valence-electron chi connectivity index (χ0n) is 14.3. The molecule has 3 fully saturated rings. The Hall–Kier alpha value is -1.99. The van der Waals surface area contributed by atoms with Crippen LogP contribution in [-0.4, -0.2) is 63.5 Å². The van der Waals surface area contributed by atoms with Crippen molar-refractivity contribution >= 4 is 11.8 Å². The van der Waals surface area contributed by atoms with Crippen molar-refractivity contribution in [3.63, 3.8) is 0 Å². The van der Waals surface area contributed by atoms with Crippen molar-refractivity contribution in [3.05, 3.63) is 18.0 Å². The maximum atomic E-state index is 14.4. The van der Waals surface area contributed by atoms with Crippen LogP contribution in [-0.2, 0) is 11.8 Å². The Kier molecular flexibility index (Phi) is 3.63. The van der Waals surface area contributed by atoms with Gasteiger partial charge in [-0.3, -0.25) is 14.3 Å². The number of likely N-dealkylation sites (tertiary alicyclic amines) is 2. The van der Waals surface area contributed by atoms with E-state index in [2.05, 4.69) is 5.10 Å². The van der Waals surface area contributed by atoms with Crippen molar-refractivity contribution in [1.29, 1.82) is 0 Å². The number of nitrogens with zero attached hydrogens (tertiary/aromatic N) is 4. The molecule has 1 spiro atoms. The lowest BCUT2D eigenvalue weighted by molar-refractivity contribution is -0.151. The van der Waals surface area contributed by atoms with Gasteiger partial charge in [-0.1, -0.05) is 0 Å².